The molecular formula is C17H24N4. The molecule has 0 amide bonds. The van der Waals surface area contributed by atoms with Gasteiger partial charge < -0.3 is 10.2 Å². The molecule has 0 aliphatic heterocycles. The zero-order valence-corrected chi connectivity index (χ0v) is 13.3. The lowest BCUT2D eigenvalue weighted by molar-refractivity contribution is 0.777. The number of aryl methyl sites for hydroxylation is 2. The van der Waals surface area contributed by atoms with E-state index < -0.39 is 0 Å². The standard InChI is InChI=1S/C17H24N4/c1-5-21(12-16-8-6-7-14(3)20-16)17-13(2)9-15(10-18-4)11-19-17/h6-9,11,18H,5,10,12H2,1-4H3. The van der Waals surface area contributed by atoms with Crippen LogP contribution >= 0.6 is 0 Å². The Morgan fingerprint density at radius 3 is 2.67 bits per heavy atom. The normalized spacial score (nSPS) is 10.7. The molecule has 21 heavy (non-hydrogen) atoms. The molecule has 0 aromatic carbocycles. The molecule has 0 saturated carbocycles. The predicted molar refractivity (Wildman–Crippen MR) is 87.4 cm³/mol. The Balaban J connectivity index is 2.21. The highest BCUT2D eigenvalue weighted by molar-refractivity contribution is 5.47. The van der Waals surface area contributed by atoms with Gasteiger partial charge >= 0.3 is 0 Å². The third-order valence-corrected chi connectivity index (χ3v) is 3.47. The average Bonchev–Trinajstić information content (AvgIpc) is 2.46. The van der Waals surface area contributed by atoms with Gasteiger partial charge in [-0.05, 0) is 57.1 Å². The highest BCUT2D eigenvalue weighted by Crippen LogP contribution is 2.19. The zero-order valence-electron chi connectivity index (χ0n) is 13.3. The van der Waals surface area contributed by atoms with Crippen molar-refractivity contribution in [1.82, 2.24) is 15.3 Å². The van der Waals surface area contributed by atoms with Gasteiger partial charge in [0.2, 0.25) is 0 Å². The number of pyridine rings is 2. The van der Waals surface area contributed by atoms with Crippen molar-refractivity contribution in [1.29, 1.82) is 0 Å². The number of aromatic nitrogens is 2. The van der Waals surface area contributed by atoms with Gasteiger partial charge in [0.25, 0.3) is 0 Å². The molecule has 0 atom stereocenters. The maximum atomic E-state index is 4.64. The molecule has 0 bridgehead atoms. The van der Waals surface area contributed by atoms with Crippen molar-refractivity contribution in [2.24, 2.45) is 0 Å². The second-order valence-corrected chi connectivity index (χ2v) is 5.30. The monoisotopic (exact) mass is 284 g/mol. The fourth-order valence-electron chi connectivity index (χ4n) is 2.48. The molecule has 4 heteroatoms. The lowest BCUT2D eigenvalue weighted by Gasteiger charge is -2.23. The van der Waals surface area contributed by atoms with Gasteiger partial charge in [-0.1, -0.05) is 6.07 Å². The van der Waals surface area contributed by atoms with E-state index >= 15 is 0 Å². The van der Waals surface area contributed by atoms with Crippen molar-refractivity contribution in [2.75, 3.05) is 18.5 Å². The predicted octanol–water partition coefficient (Wildman–Crippen LogP) is 2.84. The molecule has 0 unspecified atom stereocenters. The average molecular weight is 284 g/mol. The summed E-state index contributed by atoms with van der Waals surface area (Å²) in [7, 11) is 1.95. The molecule has 0 spiro atoms. The summed E-state index contributed by atoms with van der Waals surface area (Å²) in [5, 5.41) is 3.16. The van der Waals surface area contributed by atoms with E-state index in [0.717, 1.165) is 36.8 Å². The number of nitrogens with zero attached hydrogens (tertiary/aromatic N) is 3. The minimum Gasteiger partial charge on any atom is -0.351 e. The first-order valence-electron chi connectivity index (χ1n) is 7.41. The number of rotatable bonds is 6. The van der Waals surface area contributed by atoms with Crippen LogP contribution in [0.4, 0.5) is 5.82 Å². The minimum atomic E-state index is 0.789. The van der Waals surface area contributed by atoms with Crippen molar-refractivity contribution < 1.29 is 0 Å². The van der Waals surface area contributed by atoms with Gasteiger partial charge in [0, 0.05) is 25.0 Å². The number of hydrogen-bond acceptors (Lipinski definition) is 4. The Labute approximate surface area is 127 Å². The molecule has 2 aromatic rings. The van der Waals surface area contributed by atoms with Gasteiger partial charge in [0.05, 0.1) is 12.2 Å². The Hall–Kier alpha value is -1.94. The highest BCUT2D eigenvalue weighted by Gasteiger charge is 2.11. The molecular weight excluding hydrogens is 260 g/mol. The Morgan fingerprint density at radius 1 is 1.24 bits per heavy atom. The SMILES string of the molecule is CCN(Cc1cccc(C)n1)c1ncc(CNC)cc1C. The lowest BCUT2D eigenvalue weighted by Crippen LogP contribution is -2.25. The van der Waals surface area contributed by atoms with Crippen LogP contribution in [0.3, 0.4) is 0 Å². The number of nitrogens with one attached hydrogen (secondary N) is 1. The molecule has 0 fully saturated rings. The highest BCUT2D eigenvalue weighted by atomic mass is 15.2. The zero-order chi connectivity index (χ0) is 15.2. The van der Waals surface area contributed by atoms with E-state index in [2.05, 4.69) is 52.2 Å². The third-order valence-electron chi connectivity index (χ3n) is 3.47. The van der Waals surface area contributed by atoms with Crippen LogP contribution in [-0.4, -0.2) is 23.6 Å². The molecule has 0 aliphatic rings. The van der Waals surface area contributed by atoms with Crippen molar-refractivity contribution in [2.45, 2.75) is 33.9 Å². The summed E-state index contributed by atoms with van der Waals surface area (Å²) in [4.78, 5) is 11.5. The summed E-state index contributed by atoms with van der Waals surface area (Å²) in [6.45, 7) is 8.84. The molecule has 1 N–H and O–H groups in total. The van der Waals surface area contributed by atoms with Crippen LogP contribution in [-0.2, 0) is 13.1 Å². The Morgan fingerprint density at radius 2 is 2.05 bits per heavy atom. The summed E-state index contributed by atoms with van der Waals surface area (Å²) in [6, 6.07) is 8.35. The van der Waals surface area contributed by atoms with Crippen LogP contribution < -0.4 is 10.2 Å². The molecule has 4 nitrogen and oxygen atoms in total. The van der Waals surface area contributed by atoms with E-state index in [1.165, 1.54) is 11.1 Å². The summed E-state index contributed by atoms with van der Waals surface area (Å²) >= 11 is 0. The molecule has 0 radical (unpaired) electrons. The smallest absolute Gasteiger partial charge is 0.131 e. The third kappa shape index (κ3) is 4.02. The first-order chi connectivity index (χ1) is 10.1. The fourth-order valence-corrected chi connectivity index (χ4v) is 2.48. The van der Waals surface area contributed by atoms with Gasteiger partial charge in [-0.3, -0.25) is 4.98 Å². The van der Waals surface area contributed by atoms with Crippen molar-refractivity contribution in [3.63, 3.8) is 0 Å². The second kappa shape index (κ2) is 7.18. The fraction of sp³-hybridized carbons (Fsp3) is 0.412. The summed E-state index contributed by atoms with van der Waals surface area (Å²) in [6.07, 6.45) is 1.95. The van der Waals surface area contributed by atoms with E-state index in [4.69, 9.17) is 0 Å². The number of hydrogen-bond donors (Lipinski definition) is 1. The van der Waals surface area contributed by atoms with Crippen LogP contribution in [0.5, 0.6) is 0 Å². The van der Waals surface area contributed by atoms with Crippen LogP contribution in [0, 0.1) is 13.8 Å². The van der Waals surface area contributed by atoms with E-state index in [0.29, 0.717) is 0 Å². The largest absolute Gasteiger partial charge is 0.351 e. The number of anilines is 1. The van der Waals surface area contributed by atoms with E-state index in [9.17, 15) is 0 Å². The van der Waals surface area contributed by atoms with E-state index in [1.54, 1.807) is 0 Å². The van der Waals surface area contributed by atoms with Gasteiger partial charge in [-0.25, -0.2) is 4.98 Å². The lowest BCUT2D eigenvalue weighted by atomic mass is 10.2. The molecule has 0 saturated heterocycles. The summed E-state index contributed by atoms with van der Waals surface area (Å²) in [5.74, 6) is 1.04. The van der Waals surface area contributed by atoms with E-state index in [1.807, 2.05) is 26.2 Å². The summed E-state index contributed by atoms with van der Waals surface area (Å²) in [5.41, 5.74) is 4.55. The van der Waals surface area contributed by atoms with E-state index in [-0.39, 0.29) is 0 Å². The van der Waals surface area contributed by atoms with Crippen molar-refractivity contribution in [3.05, 3.63) is 53.0 Å². The van der Waals surface area contributed by atoms with Crippen LogP contribution in [0.2, 0.25) is 0 Å². The second-order valence-electron chi connectivity index (χ2n) is 5.30. The van der Waals surface area contributed by atoms with Crippen molar-refractivity contribution in [3.8, 4) is 0 Å². The van der Waals surface area contributed by atoms with Crippen LogP contribution in [0.25, 0.3) is 0 Å². The Bertz CT molecular complexity index is 595. The van der Waals surface area contributed by atoms with Crippen molar-refractivity contribution >= 4 is 5.82 Å². The molecule has 2 heterocycles. The maximum absolute atomic E-state index is 4.64. The molecule has 112 valence electrons. The Kier molecular flexibility index (Phi) is 5.28. The first kappa shape index (κ1) is 15.4. The summed E-state index contributed by atoms with van der Waals surface area (Å²) < 4.78 is 0. The molecule has 2 aromatic heterocycles. The topological polar surface area (TPSA) is 41.1 Å². The van der Waals surface area contributed by atoms with Gasteiger partial charge in [0.1, 0.15) is 5.82 Å². The van der Waals surface area contributed by atoms with Gasteiger partial charge in [-0.15, -0.1) is 0 Å². The minimum absolute atomic E-state index is 0.789. The van der Waals surface area contributed by atoms with Gasteiger partial charge in [-0.2, -0.15) is 0 Å². The van der Waals surface area contributed by atoms with Crippen LogP contribution in [0.1, 0.15) is 29.4 Å². The quantitative estimate of drug-likeness (QED) is 0.885. The molecule has 0 aliphatic carbocycles. The first-order valence-corrected chi connectivity index (χ1v) is 7.41. The maximum Gasteiger partial charge on any atom is 0.131 e. The van der Waals surface area contributed by atoms with Crippen LogP contribution in [0.15, 0.2) is 30.5 Å². The van der Waals surface area contributed by atoms with Gasteiger partial charge in [0.15, 0.2) is 0 Å². The molecule has 2 rings (SSSR count).